The smallest absolute Gasteiger partial charge is 0.0121 e. The highest BCUT2D eigenvalue weighted by Crippen LogP contribution is 2.06. The topological polar surface area (TPSA) is 0 Å². The normalized spacial score (nSPS) is 10.0. The summed E-state index contributed by atoms with van der Waals surface area (Å²) in [5.41, 5.74) is 0.963. The first-order valence-corrected chi connectivity index (χ1v) is 3.46. The second-order valence-electron chi connectivity index (χ2n) is 1.68. The quantitative estimate of drug-likeness (QED) is 0.459. The fourth-order valence-electron chi connectivity index (χ4n) is 0.289. The summed E-state index contributed by atoms with van der Waals surface area (Å²) < 4.78 is 0. The Kier molecular flexibility index (Phi) is 3.53. The SMILES string of the molecule is CCC([SiH2])CC. The maximum absolute atomic E-state index is 2.24. The van der Waals surface area contributed by atoms with Crippen molar-refractivity contribution in [1.29, 1.82) is 0 Å². The molecule has 0 bridgehead atoms. The van der Waals surface area contributed by atoms with Crippen molar-refractivity contribution >= 4 is 10.2 Å². The fraction of sp³-hybridized carbons (Fsp3) is 1.00. The Hall–Kier alpha value is 0.217. The van der Waals surface area contributed by atoms with Crippen molar-refractivity contribution in [2.45, 2.75) is 32.2 Å². The Morgan fingerprint density at radius 2 is 1.67 bits per heavy atom. The van der Waals surface area contributed by atoms with Crippen LogP contribution in [0.15, 0.2) is 0 Å². The van der Waals surface area contributed by atoms with Crippen LogP contribution in [0.4, 0.5) is 0 Å². The fourth-order valence-corrected chi connectivity index (χ4v) is 0.289. The maximum Gasteiger partial charge on any atom is 0.0121 e. The van der Waals surface area contributed by atoms with E-state index in [9.17, 15) is 0 Å². The third-order valence-corrected chi connectivity index (χ3v) is 2.31. The molecule has 0 heterocycles. The molecule has 0 atom stereocenters. The van der Waals surface area contributed by atoms with Gasteiger partial charge < -0.3 is 0 Å². The lowest BCUT2D eigenvalue weighted by atomic mass is 10.3. The first-order chi connectivity index (χ1) is 2.81. The first kappa shape index (κ1) is 6.22. The Bertz CT molecular complexity index is 23.1. The summed E-state index contributed by atoms with van der Waals surface area (Å²) >= 11 is 0. The molecule has 0 rings (SSSR count). The van der Waals surface area contributed by atoms with Gasteiger partial charge in [0.1, 0.15) is 0 Å². The average molecular weight is 101 g/mol. The van der Waals surface area contributed by atoms with Gasteiger partial charge in [-0.2, -0.15) is 0 Å². The molecule has 0 aromatic carbocycles. The average Bonchev–Trinajstić information content (AvgIpc) is 1.65. The van der Waals surface area contributed by atoms with E-state index in [-0.39, 0.29) is 0 Å². The zero-order chi connectivity index (χ0) is 4.99. The minimum absolute atomic E-state index is 0.963. The Morgan fingerprint density at radius 3 is 1.67 bits per heavy atom. The monoisotopic (exact) mass is 101 g/mol. The van der Waals surface area contributed by atoms with Gasteiger partial charge in [-0.1, -0.05) is 32.2 Å². The lowest BCUT2D eigenvalue weighted by molar-refractivity contribution is 0.768. The molecule has 1 heteroatoms. The molecule has 0 aliphatic heterocycles. The molecule has 0 aliphatic rings. The van der Waals surface area contributed by atoms with Gasteiger partial charge in [0.25, 0.3) is 0 Å². The predicted molar refractivity (Wildman–Crippen MR) is 32.9 cm³/mol. The van der Waals surface area contributed by atoms with Gasteiger partial charge in [-0.05, 0) is 0 Å². The minimum Gasteiger partial charge on any atom is -0.0654 e. The van der Waals surface area contributed by atoms with Crippen LogP contribution in [0.1, 0.15) is 26.7 Å². The summed E-state index contributed by atoms with van der Waals surface area (Å²) in [6, 6.07) is 0. The zero-order valence-corrected chi connectivity index (χ0v) is 6.11. The van der Waals surface area contributed by atoms with E-state index in [0.717, 1.165) is 5.54 Å². The van der Waals surface area contributed by atoms with Crippen LogP contribution < -0.4 is 0 Å². The summed E-state index contributed by atoms with van der Waals surface area (Å²) in [6.45, 7) is 4.47. The van der Waals surface area contributed by atoms with Crippen LogP contribution in [0.3, 0.4) is 0 Å². The Morgan fingerprint density at radius 1 is 1.33 bits per heavy atom. The van der Waals surface area contributed by atoms with Crippen molar-refractivity contribution in [3.8, 4) is 0 Å². The van der Waals surface area contributed by atoms with Gasteiger partial charge in [-0.3, -0.25) is 0 Å². The van der Waals surface area contributed by atoms with E-state index in [1.165, 1.54) is 12.8 Å². The van der Waals surface area contributed by atoms with Crippen molar-refractivity contribution in [2.75, 3.05) is 0 Å². The molecule has 0 aliphatic carbocycles. The summed E-state index contributed by atoms with van der Waals surface area (Å²) in [7, 11) is 2.10. The molecule has 1 radical (unpaired) electrons. The van der Waals surface area contributed by atoms with E-state index in [0.29, 0.717) is 0 Å². The van der Waals surface area contributed by atoms with Crippen LogP contribution in [-0.2, 0) is 0 Å². The molecule has 37 valence electrons. The molecule has 0 saturated carbocycles. The van der Waals surface area contributed by atoms with Crippen molar-refractivity contribution in [2.24, 2.45) is 0 Å². The van der Waals surface area contributed by atoms with E-state index in [2.05, 4.69) is 24.1 Å². The number of hydrogen-bond acceptors (Lipinski definition) is 0. The lowest BCUT2D eigenvalue weighted by Crippen LogP contribution is -1.83. The van der Waals surface area contributed by atoms with Crippen LogP contribution >= 0.6 is 0 Å². The van der Waals surface area contributed by atoms with Crippen LogP contribution in [0.5, 0.6) is 0 Å². The molecular formula is C5H13Si. The molecule has 0 amide bonds. The molecular weight excluding hydrogens is 88.1 g/mol. The highest BCUT2D eigenvalue weighted by atomic mass is 28.1. The van der Waals surface area contributed by atoms with Gasteiger partial charge >= 0.3 is 0 Å². The lowest BCUT2D eigenvalue weighted by Gasteiger charge is -1.98. The second-order valence-corrected chi connectivity index (χ2v) is 2.84. The summed E-state index contributed by atoms with van der Waals surface area (Å²) in [5, 5.41) is 0. The number of rotatable bonds is 2. The maximum atomic E-state index is 2.24. The number of hydrogen-bond donors (Lipinski definition) is 0. The molecule has 0 aromatic rings. The van der Waals surface area contributed by atoms with Gasteiger partial charge in [-0.15, -0.1) is 0 Å². The molecule has 0 saturated heterocycles. The minimum atomic E-state index is 0.963. The van der Waals surface area contributed by atoms with Gasteiger partial charge in [-0.25, -0.2) is 0 Å². The van der Waals surface area contributed by atoms with E-state index < -0.39 is 0 Å². The molecule has 0 unspecified atom stereocenters. The van der Waals surface area contributed by atoms with E-state index in [1.54, 1.807) is 0 Å². The zero-order valence-electron chi connectivity index (χ0n) is 4.70. The van der Waals surface area contributed by atoms with Gasteiger partial charge in [0.2, 0.25) is 0 Å². The molecule has 0 fully saturated rings. The summed E-state index contributed by atoms with van der Waals surface area (Å²) in [4.78, 5) is 0. The van der Waals surface area contributed by atoms with Crippen molar-refractivity contribution in [3.63, 3.8) is 0 Å². The van der Waals surface area contributed by atoms with Gasteiger partial charge in [0.15, 0.2) is 0 Å². The van der Waals surface area contributed by atoms with Crippen LogP contribution in [0.2, 0.25) is 5.54 Å². The molecule has 0 aromatic heterocycles. The highest BCUT2D eigenvalue weighted by Gasteiger charge is 1.89. The van der Waals surface area contributed by atoms with Gasteiger partial charge in [0.05, 0.1) is 0 Å². The van der Waals surface area contributed by atoms with E-state index in [1.807, 2.05) is 0 Å². The first-order valence-electron chi connectivity index (χ1n) is 2.64. The van der Waals surface area contributed by atoms with Crippen LogP contribution in [-0.4, -0.2) is 10.2 Å². The second kappa shape index (κ2) is 3.41. The highest BCUT2D eigenvalue weighted by molar-refractivity contribution is 6.11. The summed E-state index contributed by atoms with van der Waals surface area (Å²) in [5.74, 6) is 0. The van der Waals surface area contributed by atoms with Gasteiger partial charge in [0, 0.05) is 10.2 Å². The molecule has 0 N–H and O–H groups in total. The largest absolute Gasteiger partial charge is 0.0654 e. The van der Waals surface area contributed by atoms with Crippen LogP contribution in [0, 0.1) is 0 Å². The predicted octanol–water partition coefficient (Wildman–Crippen LogP) is 1.23. The van der Waals surface area contributed by atoms with Crippen molar-refractivity contribution < 1.29 is 0 Å². The molecule has 6 heavy (non-hydrogen) atoms. The third-order valence-electron chi connectivity index (χ3n) is 1.15. The summed E-state index contributed by atoms with van der Waals surface area (Å²) in [6.07, 6.45) is 2.68. The Balaban J connectivity index is 2.75. The molecule has 0 nitrogen and oxygen atoms in total. The van der Waals surface area contributed by atoms with Crippen molar-refractivity contribution in [3.05, 3.63) is 0 Å². The van der Waals surface area contributed by atoms with Crippen molar-refractivity contribution in [1.82, 2.24) is 0 Å². The van der Waals surface area contributed by atoms with E-state index in [4.69, 9.17) is 0 Å². The van der Waals surface area contributed by atoms with E-state index >= 15 is 0 Å². The van der Waals surface area contributed by atoms with Crippen LogP contribution in [0.25, 0.3) is 0 Å². The molecule has 0 spiro atoms. The Labute approximate surface area is 43.4 Å². The standard InChI is InChI=1S/C5H13Si/c1-3-5(6)4-2/h5H,3-4,6H2,1-2H3. The third kappa shape index (κ3) is 2.45.